The van der Waals surface area contributed by atoms with Crippen molar-refractivity contribution in [2.24, 2.45) is 0 Å². The van der Waals surface area contributed by atoms with Gasteiger partial charge in [-0.3, -0.25) is 4.79 Å². The van der Waals surface area contributed by atoms with E-state index in [2.05, 4.69) is 10.3 Å². The highest BCUT2D eigenvalue weighted by molar-refractivity contribution is 7.91. The summed E-state index contributed by atoms with van der Waals surface area (Å²) in [5, 5.41) is 3.75. The zero-order valence-electron chi connectivity index (χ0n) is 10.9. The topological polar surface area (TPSA) is 76.1 Å². The van der Waals surface area contributed by atoms with Gasteiger partial charge in [-0.2, -0.15) is 0 Å². The first-order valence-electron chi connectivity index (χ1n) is 6.31. The van der Waals surface area contributed by atoms with Crippen molar-refractivity contribution in [2.45, 2.75) is 19.4 Å². The highest BCUT2D eigenvalue weighted by Crippen LogP contribution is 2.22. The number of thiazole rings is 1. The lowest BCUT2D eigenvalue weighted by Crippen LogP contribution is -2.35. The summed E-state index contributed by atoms with van der Waals surface area (Å²) in [4.78, 5) is 16.5. The SMILES string of the molecule is Cc1nc2ccc(C(=O)N[C@@H]3CCS(=O)(=O)C3)cc2s1. The third-order valence-electron chi connectivity index (χ3n) is 3.33. The Balaban J connectivity index is 1.78. The highest BCUT2D eigenvalue weighted by Gasteiger charge is 2.29. The molecule has 1 N–H and O–H groups in total. The Kier molecular flexibility index (Phi) is 3.25. The van der Waals surface area contributed by atoms with E-state index < -0.39 is 9.84 Å². The number of benzene rings is 1. The van der Waals surface area contributed by atoms with Crippen LogP contribution in [0.3, 0.4) is 0 Å². The lowest BCUT2D eigenvalue weighted by atomic mass is 10.2. The Labute approximate surface area is 120 Å². The molecule has 0 bridgehead atoms. The molecule has 2 aromatic rings. The lowest BCUT2D eigenvalue weighted by Gasteiger charge is -2.10. The molecular formula is C13H14N2O3S2. The normalized spacial score (nSPS) is 21.1. The van der Waals surface area contributed by atoms with Crippen LogP contribution in [0.5, 0.6) is 0 Å². The summed E-state index contributed by atoms with van der Waals surface area (Å²) in [6.45, 7) is 1.92. The number of aryl methyl sites for hydroxylation is 1. The third-order valence-corrected chi connectivity index (χ3v) is 6.03. The van der Waals surface area contributed by atoms with Crippen molar-refractivity contribution in [2.75, 3.05) is 11.5 Å². The molecule has 1 atom stereocenters. The fourth-order valence-electron chi connectivity index (χ4n) is 2.36. The molecule has 20 heavy (non-hydrogen) atoms. The van der Waals surface area contributed by atoms with Crippen LogP contribution in [0.4, 0.5) is 0 Å². The molecule has 0 radical (unpaired) electrons. The van der Waals surface area contributed by atoms with Gasteiger partial charge in [-0.1, -0.05) is 0 Å². The first-order valence-corrected chi connectivity index (χ1v) is 8.95. The summed E-state index contributed by atoms with van der Waals surface area (Å²) < 4.78 is 23.7. The van der Waals surface area contributed by atoms with Gasteiger partial charge < -0.3 is 5.32 Å². The number of rotatable bonds is 2. The number of hydrogen-bond donors (Lipinski definition) is 1. The van der Waals surface area contributed by atoms with E-state index in [0.29, 0.717) is 12.0 Å². The Morgan fingerprint density at radius 3 is 2.95 bits per heavy atom. The maximum absolute atomic E-state index is 12.1. The van der Waals surface area contributed by atoms with Crippen LogP contribution in [0.2, 0.25) is 0 Å². The molecule has 1 aliphatic heterocycles. The van der Waals surface area contributed by atoms with Crippen LogP contribution in [-0.4, -0.2) is 36.9 Å². The van der Waals surface area contributed by atoms with Gasteiger partial charge in [-0.05, 0) is 31.5 Å². The Morgan fingerprint density at radius 1 is 1.45 bits per heavy atom. The zero-order valence-corrected chi connectivity index (χ0v) is 12.6. The predicted molar refractivity (Wildman–Crippen MR) is 78.9 cm³/mol. The van der Waals surface area contributed by atoms with Crippen molar-refractivity contribution in [3.8, 4) is 0 Å². The number of carbonyl (C=O) groups is 1. The zero-order chi connectivity index (χ0) is 14.3. The van der Waals surface area contributed by atoms with Gasteiger partial charge in [-0.25, -0.2) is 13.4 Å². The van der Waals surface area contributed by atoms with Crippen LogP contribution in [0.15, 0.2) is 18.2 Å². The molecule has 1 aromatic heterocycles. The van der Waals surface area contributed by atoms with E-state index in [9.17, 15) is 13.2 Å². The van der Waals surface area contributed by atoms with E-state index in [0.717, 1.165) is 15.2 Å². The summed E-state index contributed by atoms with van der Waals surface area (Å²) in [5.74, 6) is -0.0221. The second kappa shape index (κ2) is 4.82. The Morgan fingerprint density at radius 2 is 2.25 bits per heavy atom. The predicted octanol–water partition coefficient (Wildman–Crippen LogP) is 1.52. The van der Waals surface area contributed by atoms with E-state index in [1.165, 1.54) is 11.3 Å². The lowest BCUT2D eigenvalue weighted by molar-refractivity contribution is 0.0941. The Bertz CT molecular complexity index is 780. The van der Waals surface area contributed by atoms with Crippen molar-refractivity contribution in [1.29, 1.82) is 0 Å². The smallest absolute Gasteiger partial charge is 0.251 e. The summed E-state index contributed by atoms with van der Waals surface area (Å²) in [7, 11) is -2.98. The van der Waals surface area contributed by atoms with Gasteiger partial charge in [0.2, 0.25) is 0 Å². The first kappa shape index (κ1) is 13.5. The number of sulfone groups is 1. The average molecular weight is 310 g/mol. The van der Waals surface area contributed by atoms with Crippen LogP contribution in [0.25, 0.3) is 10.2 Å². The number of hydrogen-bond acceptors (Lipinski definition) is 5. The number of fused-ring (bicyclic) bond motifs is 1. The van der Waals surface area contributed by atoms with Gasteiger partial charge in [0.1, 0.15) is 0 Å². The van der Waals surface area contributed by atoms with Crippen LogP contribution in [-0.2, 0) is 9.84 Å². The highest BCUT2D eigenvalue weighted by atomic mass is 32.2. The van der Waals surface area contributed by atoms with E-state index in [-0.39, 0.29) is 23.5 Å². The third kappa shape index (κ3) is 2.69. The molecule has 3 rings (SSSR count). The summed E-state index contributed by atoms with van der Waals surface area (Å²) in [6, 6.07) is 5.07. The molecule has 1 saturated heterocycles. The molecule has 2 heterocycles. The fourth-order valence-corrected chi connectivity index (χ4v) is 4.90. The number of carbonyl (C=O) groups excluding carboxylic acids is 1. The second-order valence-corrected chi connectivity index (χ2v) is 8.45. The number of amides is 1. The van der Waals surface area contributed by atoms with Gasteiger partial charge in [0.05, 0.1) is 26.7 Å². The van der Waals surface area contributed by atoms with E-state index in [4.69, 9.17) is 0 Å². The molecule has 0 spiro atoms. The van der Waals surface area contributed by atoms with Gasteiger partial charge in [0.25, 0.3) is 5.91 Å². The van der Waals surface area contributed by atoms with Gasteiger partial charge >= 0.3 is 0 Å². The van der Waals surface area contributed by atoms with Crippen molar-refractivity contribution < 1.29 is 13.2 Å². The first-order chi connectivity index (χ1) is 9.43. The van der Waals surface area contributed by atoms with Crippen LogP contribution in [0.1, 0.15) is 21.8 Å². The van der Waals surface area contributed by atoms with Crippen molar-refractivity contribution in [3.63, 3.8) is 0 Å². The number of nitrogens with zero attached hydrogens (tertiary/aromatic N) is 1. The van der Waals surface area contributed by atoms with E-state index >= 15 is 0 Å². The minimum Gasteiger partial charge on any atom is -0.348 e. The molecule has 1 aromatic carbocycles. The second-order valence-electron chi connectivity index (χ2n) is 4.99. The fraction of sp³-hybridized carbons (Fsp3) is 0.385. The number of aromatic nitrogens is 1. The summed E-state index contributed by atoms with van der Waals surface area (Å²) >= 11 is 1.54. The van der Waals surface area contributed by atoms with Crippen molar-refractivity contribution in [1.82, 2.24) is 10.3 Å². The van der Waals surface area contributed by atoms with Crippen LogP contribution in [0, 0.1) is 6.92 Å². The van der Waals surface area contributed by atoms with E-state index in [1.807, 2.05) is 13.0 Å². The summed E-state index contributed by atoms with van der Waals surface area (Å²) in [5.41, 5.74) is 1.43. The molecule has 5 nitrogen and oxygen atoms in total. The largest absolute Gasteiger partial charge is 0.348 e. The van der Waals surface area contributed by atoms with Crippen LogP contribution < -0.4 is 5.32 Å². The van der Waals surface area contributed by atoms with Crippen LogP contribution >= 0.6 is 11.3 Å². The quantitative estimate of drug-likeness (QED) is 0.912. The van der Waals surface area contributed by atoms with Crippen molar-refractivity contribution >= 4 is 37.3 Å². The standard InChI is InChI=1S/C13H14N2O3S2/c1-8-14-11-3-2-9(6-12(11)19-8)13(16)15-10-4-5-20(17,18)7-10/h2-3,6,10H,4-5,7H2,1H3,(H,15,16)/t10-/m1/s1. The molecule has 1 fully saturated rings. The minimum absolute atomic E-state index is 0.0423. The summed E-state index contributed by atoms with van der Waals surface area (Å²) in [6.07, 6.45) is 0.496. The van der Waals surface area contributed by atoms with Crippen molar-refractivity contribution in [3.05, 3.63) is 28.8 Å². The van der Waals surface area contributed by atoms with Gasteiger partial charge in [-0.15, -0.1) is 11.3 Å². The minimum atomic E-state index is -2.98. The molecule has 0 saturated carbocycles. The number of nitrogens with one attached hydrogen (secondary N) is 1. The van der Waals surface area contributed by atoms with Gasteiger partial charge in [0.15, 0.2) is 9.84 Å². The Hall–Kier alpha value is -1.47. The van der Waals surface area contributed by atoms with Gasteiger partial charge in [0, 0.05) is 11.6 Å². The average Bonchev–Trinajstić information content (AvgIpc) is 2.89. The maximum atomic E-state index is 12.1. The monoisotopic (exact) mass is 310 g/mol. The molecule has 1 aliphatic rings. The molecule has 7 heteroatoms. The molecule has 1 amide bonds. The molecule has 0 unspecified atom stereocenters. The molecule has 106 valence electrons. The van der Waals surface area contributed by atoms with E-state index in [1.54, 1.807) is 12.1 Å². The molecule has 0 aliphatic carbocycles. The maximum Gasteiger partial charge on any atom is 0.251 e. The molecular weight excluding hydrogens is 296 g/mol.